The van der Waals surface area contributed by atoms with Gasteiger partial charge in [0.25, 0.3) is 0 Å². The Labute approximate surface area is 124 Å². The summed E-state index contributed by atoms with van der Waals surface area (Å²) in [6.07, 6.45) is 0. The van der Waals surface area contributed by atoms with Crippen LogP contribution in [0.3, 0.4) is 0 Å². The van der Waals surface area contributed by atoms with E-state index in [1.54, 1.807) is 18.2 Å². The molecule has 0 fully saturated rings. The normalized spacial score (nSPS) is 9.90. The fourth-order valence-electron chi connectivity index (χ4n) is 1.32. The van der Waals surface area contributed by atoms with E-state index in [1.165, 1.54) is 26.0 Å². The molecule has 8 heteroatoms. The van der Waals surface area contributed by atoms with E-state index in [0.29, 0.717) is 20.6 Å². The Kier molecular flexibility index (Phi) is 4.61. The third kappa shape index (κ3) is 3.29. The summed E-state index contributed by atoms with van der Waals surface area (Å²) in [5, 5.41) is 9.96. The Balaban J connectivity index is 2.39. The van der Waals surface area contributed by atoms with Crippen molar-refractivity contribution in [3.8, 4) is 18.1 Å². The van der Waals surface area contributed by atoms with Crippen LogP contribution in [0.15, 0.2) is 28.3 Å². The fourth-order valence-corrected chi connectivity index (χ4v) is 2.41. The molecule has 1 aromatic heterocycles. The Morgan fingerprint density at radius 2 is 1.80 bits per heavy atom. The van der Waals surface area contributed by atoms with E-state index in [2.05, 4.69) is 21.0 Å². The average Bonchev–Trinajstić information content (AvgIpc) is 2.47. The maximum atomic E-state index is 9.08. The highest BCUT2D eigenvalue weighted by atomic mass is 35.5. The number of nitriles is 1. The zero-order chi connectivity index (χ0) is 14.5. The van der Waals surface area contributed by atoms with Gasteiger partial charge < -0.3 is 9.47 Å². The highest BCUT2D eigenvalue weighted by Crippen LogP contribution is 2.31. The largest absolute Gasteiger partial charge is 0.467 e. The minimum Gasteiger partial charge on any atom is -0.467 e. The Bertz CT molecular complexity index is 653. The standard InChI is InChI=1S/C12H9ClN4O2S/c1-18-10-15-11(19-2)17-12(16-10)20-9-5-8(13)4-3-7(9)6-14/h3-5H,1-2H3. The van der Waals surface area contributed by atoms with Gasteiger partial charge in [0.15, 0.2) is 0 Å². The predicted molar refractivity (Wildman–Crippen MR) is 73.2 cm³/mol. The van der Waals surface area contributed by atoms with Crippen LogP contribution in [-0.2, 0) is 0 Å². The molecular weight excluding hydrogens is 300 g/mol. The zero-order valence-corrected chi connectivity index (χ0v) is 12.2. The lowest BCUT2D eigenvalue weighted by Crippen LogP contribution is -2.00. The maximum absolute atomic E-state index is 9.08. The average molecular weight is 309 g/mol. The third-order valence-corrected chi connectivity index (χ3v) is 3.36. The SMILES string of the molecule is COc1nc(OC)nc(Sc2cc(Cl)ccc2C#N)n1. The van der Waals surface area contributed by atoms with Gasteiger partial charge in [-0.2, -0.15) is 15.2 Å². The second-order valence-corrected chi connectivity index (χ2v) is 4.89. The molecule has 0 bridgehead atoms. The molecule has 0 aliphatic heterocycles. The van der Waals surface area contributed by atoms with Crippen molar-refractivity contribution in [2.45, 2.75) is 10.1 Å². The summed E-state index contributed by atoms with van der Waals surface area (Å²) in [6.45, 7) is 0. The molecule has 0 atom stereocenters. The maximum Gasteiger partial charge on any atom is 0.323 e. The van der Waals surface area contributed by atoms with Crippen molar-refractivity contribution < 1.29 is 9.47 Å². The van der Waals surface area contributed by atoms with Crippen LogP contribution in [0.5, 0.6) is 12.0 Å². The molecule has 102 valence electrons. The van der Waals surface area contributed by atoms with E-state index in [9.17, 15) is 0 Å². The van der Waals surface area contributed by atoms with Crippen LogP contribution < -0.4 is 9.47 Å². The number of nitrogens with zero attached hydrogens (tertiary/aromatic N) is 4. The molecule has 0 radical (unpaired) electrons. The Morgan fingerprint density at radius 1 is 1.15 bits per heavy atom. The second-order valence-electron chi connectivity index (χ2n) is 3.45. The summed E-state index contributed by atoms with van der Waals surface area (Å²) >= 11 is 7.11. The molecule has 1 aromatic carbocycles. The first kappa shape index (κ1) is 14.4. The highest BCUT2D eigenvalue weighted by Gasteiger charge is 2.11. The minimum absolute atomic E-state index is 0.139. The molecule has 0 N–H and O–H groups in total. The van der Waals surface area contributed by atoms with Crippen LogP contribution in [0.2, 0.25) is 5.02 Å². The summed E-state index contributed by atoms with van der Waals surface area (Å²) in [6, 6.07) is 7.33. The fraction of sp³-hybridized carbons (Fsp3) is 0.167. The second kappa shape index (κ2) is 6.41. The van der Waals surface area contributed by atoms with E-state index >= 15 is 0 Å². The van der Waals surface area contributed by atoms with Gasteiger partial charge in [0, 0.05) is 9.92 Å². The van der Waals surface area contributed by atoms with Crippen LogP contribution >= 0.6 is 23.4 Å². The molecule has 0 aliphatic rings. The molecule has 20 heavy (non-hydrogen) atoms. The molecule has 0 unspecified atom stereocenters. The molecule has 0 amide bonds. The van der Waals surface area contributed by atoms with Crippen molar-refractivity contribution in [1.82, 2.24) is 15.0 Å². The quantitative estimate of drug-likeness (QED) is 0.858. The molecule has 2 aromatic rings. The van der Waals surface area contributed by atoms with Crippen molar-refractivity contribution >= 4 is 23.4 Å². The van der Waals surface area contributed by atoms with Crippen LogP contribution in [0, 0.1) is 11.3 Å². The molecule has 6 nitrogen and oxygen atoms in total. The van der Waals surface area contributed by atoms with E-state index < -0.39 is 0 Å². The van der Waals surface area contributed by atoms with Crippen LogP contribution in [-0.4, -0.2) is 29.2 Å². The van der Waals surface area contributed by atoms with Crippen molar-refractivity contribution in [2.24, 2.45) is 0 Å². The molecule has 0 saturated heterocycles. The van der Waals surface area contributed by atoms with E-state index in [0.717, 1.165) is 0 Å². The number of rotatable bonds is 4. The summed E-state index contributed by atoms with van der Waals surface area (Å²) in [4.78, 5) is 12.7. The monoisotopic (exact) mass is 308 g/mol. The first-order valence-corrected chi connectivity index (χ1v) is 6.57. The number of hydrogen-bond donors (Lipinski definition) is 0. The molecular formula is C12H9ClN4O2S. The summed E-state index contributed by atoms with van der Waals surface area (Å²) in [5.41, 5.74) is 0.484. The van der Waals surface area contributed by atoms with Crippen LogP contribution in [0.25, 0.3) is 0 Å². The van der Waals surface area contributed by atoms with Gasteiger partial charge >= 0.3 is 12.0 Å². The number of hydrogen-bond acceptors (Lipinski definition) is 7. The summed E-state index contributed by atoms with van der Waals surface area (Å²) in [5.74, 6) is 0. The summed E-state index contributed by atoms with van der Waals surface area (Å²) in [7, 11) is 2.90. The number of benzene rings is 1. The van der Waals surface area contributed by atoms with Crippen molar-refractivity contribution in [1.29, 1.82) is 5.26 Å². The Hall–Kier alpha value is -2.04. The molecule has 0 spiro atoms. The lowest BCUT2D eigenvalue weighted by Gasteiger charge is -2.06. The van der Waals surface area contributed by atoms with Gasteiger partial charge in [0.2, 0.25) is 5.16 Å². The molecule has 2 rings (SSSR count). The topological polar surface area (TPSA) is 80.9 Å². The lowest BCUT2D eigenvalue weighted by molar-refractivity contribution is 0.332. The van der Waals surface area contributed by atoms with Crippen LogP contribution in [0.1, 0.15) is 5.56 Å². The van der Waals surface area contributed by atoms with E-state index in [-0.39, 0.29) is 12.0 Å². The molecule has 0 aliphatic carbocycles. The smallest absolute Gasteiger partial charge is 0.323 e. The third-order valence-electron chi connectivity index (χ3n) is 2.20. The van der Waals surface area contributed by atoms with E-state index in [4.69, 9.17) is 26.3 Å². The number of ether oxygens (including phenoxy) is 2. The zero-order valence-electron chi connectivity index (χ0n) is 10.6. The Morgan fingerprint density at radius 3 is 2.35 bits per heavy atom. The van der Waals surface area contributed by atoms with E-state index in [1.807, 2.05) is 0 Å². The number of methoxy groups -OCH3 is 2. The predicted octanol–water partition coefficient (Wildman–Crippen LogP) is 2.57. The van der Waals surface area contributed by atoms with Gasteiger partial charge in [-0.15, -0.1) is 4.98 Å². The van der Waals surface area contributed by atoms with Gasteiger partial charge in [-0.3, -0.25) is 0 Å². The molecule has 1 heterocycles. The van der Waals surface area contributed by atoms with Gasteiger partial charge in [0.05, 0.1) is 19.8 Å². The summed E-state index contributed by atoms with van der Waals surface area (Å²) < 4.78 is 9.94. The highest BCUT2D eigenvalue weighted by molar-refractivity contribution is 7.99. The minimum atomic E-state index is 0.139. The van der Waals surface area contributed by atoms with Crippen molar-refractivity contribution in [2.75, 3.05) is 14.2 Å². The van der Waals surface area contributed by atoms with Crippen molar-refractivity contribution in [3.05, 3.63) is 28.8 Å². The van der Waals surface area contributed by atoms with Gasteiger partial charge in [-0.05, 0) is 30.0 Å². The number of halogens is 1. The van der Waals surface area contributed by atoms with Gasteiger partial charge in [-0.1, -0.05) is 11.6 Å². The van der Waals surface area contributed by atoms with Crippen LogP contribution in [0.4, 0.5) is 0 Å². The van der Waals surface area contributed by atoms with Gasteiger partial charge in [-0.25, -0.2) is 0 Å². The van der Waals surface area contributed by atoms with Gasteiger partial charge in [0.1, 0.15) is 6.07 Å². The first-order valence-electron chi connectivity index (χ1n) is 5.38. The molecule has 0 saturated carbocycles. The van der Waals surface area contributed by atoms with Crippen molar-refractivity contribution in [3.63, 3.8) is 0 Å². The number of aromatic nitrogens is 3. The lowest BCUT2D eigenvalue weighted by atomic mass is 10.2. The first-order chi connectivity index (χ1) is 9.66.